The number of hydrogen-bond acceptors (Lipinski definition) is 5. The largest absolute Gasteiger partial charge is 0.504 e. The zero-order chi connectivity index (χ0) is 31.3. The van der Waals surface area contributed by atoms with Gasteiger partial charge in [-0.2, -0.15) is 0 Å². The lowest BCUT2D eigenvalue weighted by atomic mass is 10.0. The third-order valence-electron chi connectivity index (χ3n) is 6.92. The van der Waals surface area contributed by atoms with Gasteiger partial charge in [0.15, 0.2) is 18.1 Å². The Morgan fingerprint density at radius 2 is 1.17 bits per heavy atom. The third-order valence-corrected chi connectivity index (χ3v) is 6.92. The fraction of sp³-hybridized carbons (Fsp3) is 0.500. The average Bonchev–Trinajstić information content (AvgIpc) is 2.93. The molecule has 1 amide bonds. The van der Waals surface area contributed by atoms with Gasteiger partial charge in [-0.25, -0.2) is 0 Å². The van der Waals surface area contributed by atoms with Gasteiger partial charge in [0.05, 0.1) is 0 Å². The summed E-state index contributed by atoms with van der Waals surface area (Å²) >= 11 is 0. The predicted octanol–water partition coefficient (Wildman–Crippen LogP) is 8.91. The van der Waals surface area contributed by atoms with E-state index in [-0.39, 0.29) is 31.1 Å². The van der Waals surface area contributed by atoms with Gasteiger partial charge in [-0.3, -0.25) is 9.59 Å². The van der Waals surface area contributed by atoms with Crippen LogP contribution in [0.3, 0.4) is 0 Å². The molecule has 0 spiro atoms. The van der Waals surface area contributed by atoms with E-state index in [0.29, 0.717) is 12.0 Å². The number of ether oxygens (including phenoxy) is 1. The van der Waals surface area contributed by atoms with Gasteiger partial charge in [0.25, 0.3) is 5.91 Å². The number of hydrogen-bond donors (Lipinski definition) is 3. The molecule has 0 aromatic heterocycles. The number of esters is 1. The molecule has 0 aliphatic carbocycles. The van der Waals surface area contributed by atoms with Crippen LogP contribution in [0, 0.1) is 0 Å². The van der Waals surface area contributed by atoms with E-state index in [1.807, 2.05) is 6.92 Å². The van der Waals surface area contributed by atoms with Crippen LogP contribution in [-0.2, 0) is 20.9 Å². The summed E-state index contributed by atoms with van der Waals surface area (Å²) in [6, 6.07) is 4.30. The van der Waals surface area contributed by atoms with E-state index in [1.165, 1.54) is 34.4 Å². The number of allylic oxidation sites excluding steroid dienone is 10. The predicted molar refractivity (Wildman–Crippen MR) is 173 cm³/mol. The van der Waals surface area contributed by atoms with Crippen LogP contribution in [0.5, 0.6) is 11.5 Å². The Bertz CT molecular complexity index is 1150. The molecule has 1 aromatic rings. The number of carbonyl (C=O) groups excluding carboxylic acids is 2. The van der Waals surface area contributed by atoms with E-state index < -0.39 is 11.9 Å². The Hall–Kier alpha value is -3.54. The van der Waals surface area contributed by atoms with Crippen molar-refractivity contribution >= 4 is 11.9 Å². The minimum atomic E-state index is -0.426. The summed E-state index contributed by atoms with van der Waals surface area (Å²) in [5.41, 5.74) is 7.47. The molecule has 6 heteroatoms. The van der Waals surface area contributed by atoms with E-state index in [4.69, 9.17) is 4.74 Å². The number of carbonyl (C=O) groups is 2. The summed E-state index contributed by atoms with van der Waals surface area (Å²) in [5, 5.41) is 21.5. The highest BCUT2D eigenvalue weighted by atomic mass is 16.5. The average molecular weight is 580 g/mol. The molecule has 0 radical (unpaired) electrons. The van der Waals surface area contributed by atoms with E-state index >= 15 is 0 Å². The van der Waals surface area contributed by atoms with Crippen LogP contribution in [0.2, 0.25) is 0 Å². The van der Waals surface area contributed by atoms with E-state index in [9.17, 15) is 19.8 Å². The number of amides is 1. The summed E-state index contributed by atoms with van der Waals surface area (Å²) in [6.45, 7) is 12.8. The molecular weight excluding hydrogens is 526 g/mol. The van der Waals surface area contributed by atoms with Crippen LogP contribution in [0.25, 0.3) is 0 Å². The van der Waals surface area contributed by atoms with E-state index in [2.05, 4.69) is 70.3 Å². The Balaban J connectivity index is 2.20. The summed E-state index contributed by atoms with van der Waals surface area (Å²) in [4.78, 5) is 24.0. The van der Waals surface area contributed by atoms with Crippen molar-refractivity contribution < 1.29 is 24.5 Å². The quantitative estimate of drug-likeness (QED) is 0.0658. The van der Waals surface area contributed by atoms with Gasteiger partial charge < -0.3 is 20.3 Å². The zero-order valence-corrected chi connectivity index (χ0v) is 26.7. The van der Waals surface area contributed by atoms with Crippen LogP contribution in [0.15, 0.2) is 76.4 Å². The monoisotopic (exact) mass is 579 g/mol. The van der Waals surface area contributed by atoms with Gasteiger partial charge in [0.1, 0.15) is 0 Å². The molecule has 0 aliphatic rings. The maximum atomic E-state index is 12.0. The maximum absolute atomic E-state index is 12.0. The van der Waals surface area contributed by atoms with Crippen molar-refractivity contribution in [3.63, 3.8) is 0 Å². The molecule has 42 heavy (non-hydrogen) atoms. The lowest BCUT2D eigenvalue weighted by Crippen LogP contribution is -2.28. The first-order valence-corrected chi connectivity index (χ1v) is 15.1. The molecule has 0 unspecified atom stereocenters. The molecule has 0 saturated heterocycles. The number of benzene rings is 1. The molecular formula is C36H53NO5. The second-order valence-corrected chi connectivity index (χ2v) is 11.4. The summed E-state index contributed by atoms with van der Waals surface area (Å²) in [6.07, 6.45) is 21.0. The summed E-state index contributed by atoms with van der Waals surface area (Å²) < 4.78 is 5.07. The number of unbranched alkanes of at least 4 members (excludes halogenated alkanes) is 1. The van der Waals surface area contributed by atoms with Gasteiger partial charge >= 0.3 is 5.97 Å². The molecule has 3 N–H and O–H groups in total. The fourth-order valence-corrected chi connectivity index (χ4v) is 4.20. The van der Waals surface area contributed by atoms with Crippen LogP contribution in [0.4, 0.5) is 0 Å². The second kappa shape index (κ2) is 21.2. The van der Waals surface area contributed by atoms with Gasteiger partial charge in [0.2, 0.25) is 0 Å². The summed E-state index contributed by atoms with van der Waals surface area (Å²) in [5.74, 6) is -1.31. The smallest absolute Gasteiger partial charge is 0.306 e. The molecule has 0 saturated carbocycles. The summed E-state index contributed by atoms with van der Waals surface area (Å²) in [7, 11) is 0. The number of aromatic hydroxyl groups is 2. The van der Waals surface area contributed by atoms with Gasteiger partial charge in [0, 0.05) is 13.0 Å². The third kappa shape index (κ3) is 18.7. The first-order valence-electron chi connectivity index (χ1n) is 15.1. The molecule has 0 aliphatic heterocycles. The first-order chi connectivity index (χ1) is 20.0. The minimum absolute atomic E-state index is 0.158. The molecule has 1 rings (SSSR count). The fourth-order valence-electron chi connectivity index (χ4n) is 4.20. The molecule has 0 heterocycles. The van der Waals surface area contributed by atoms with E-state index in [1.54, 1.807) is 6.07 Å². The van der Waals surface area contributed by atoms with Crippen LogP contribution < -0.4 is 5.32 Å². The molecule has 0 atom stereocenters. The van der Waals surface area contributed by atoms with Gasteiger partial charge in [-0.1, -0.05) is 64.3 Å². The number of phenolic OH excluding ortho intramolecular Hbond substituents is 2. The van der Waals surface area contributed by atoms with Crippen molar-refractivity contribution in [1.82, 2.24) is 5.32 Å². The molecule has 232 valence electrons. The maximum Gasteiger partial charge on any atom is 0.306 e. The molecule has 0 fully saturated rings. The van der Waals surface area contributed by atoms with Crippen LogP contribution >= 0.6 is 0 Å². The Morgan fingerprint density at radius 1 is 0.667 bits per heavy atom. The number of phenols is 2. The SMILES string of the molecule is CC(C)=CCC/C(C)=C/CC/C(C)=C/CC/C=C(\C)CC/C=C(\C)CCC(=O)OCC(=O)NCc1ccc(O)c(O)c1. The molecule has 0 bridgehead atoms. The highest BCUT2D eigenvalue weighted by molar-refractivity contribution is 5.80. The van der Waals surface area contributed by atoms with Crippen molar-refractivity contribution in [2.24, 2.45) is 0 Å². The number of nitrogens with one attached hydrogen (secondary N) is 1. The highest BCUT2D eigenvalue weighted by Crippen LogP contribution is 2.24. The Morgan fingerprint density at radius 3 is 1.69 bits per heavy atom. The zero-order valence-electron chi connectivity index (χ0n) is 26.7. The standard InChI is InChI=1S/C36H53NO5/c1-27(2)12-9-15-30(5)18-10-16-28(3)13-7-8-14-29(4)17-11-19-31(6)20-23-36(41)42-26-35(40)37-25-32-21-22-33(38)34(39)24-32/h12-14,18-19,21-22,24,38-39H,7-11,15-17,20,23,25-26H2,1-6H3,(H,37,40)/b28-13+,29-14+,30-18+,31-19+. The molecule has 1 aromatic carbocycles. The lowest BCUT2D eigenvalue weighted by Gasteiger charge is -2.08. The normalized spacial score (nSPS) is 12.7. The number of rotatable bonds is 19. The lowest BCUT2D eigenvalue weighted by molar-refractivity contribution is -0.148. The van der Waals surface area contributed by atoms with Crippen LogP contribution in [-0.4, -0.2) is 28.7 Å². The van der Waals surface area contributed by atoms with Crippen molar-refractivity contribution in [3.05, 3.63) is 82.0 Å². The Kier molecular flexibility index (Phi) is 18.4. The van der Waals surface area contributed by atoms with Crippen molar-refractivity contribution in [2.75, 3.05) is 6.61 Å². The minimum Gasteiger partial charge on any atom is -0.504 e. The topological polar surface area (TPSA) is 95.9 Å². The second-order valence-electron chi connectivity index (χ2n) is 11.4. The van der Waals surface area contributed by atoms with Gasteiger partial charge in [-0.05, 0) is 117 Å². The molecule has 6 nitrogen and oxygen atoms in total. The van der Waals surface area contributed by atoms with Gasteiger partial charge in [-0.15, -0.1) is 0 Å². The van der Waals surface area contributed by atoms with Crippen molar-refractivity contribution in [3.8, 4) is 11.5 Å². The van der Waals surface area contributed by atoms with E-state index in [0.717, 1.165) is 56.9 Å². The van der Waals surface area contributed by atoms with Crippen molar-refractivity contribution in [1.29, 1.82) is 0 Å². The van der Waals surface area contributed by atoms with Crippen LogP contribution in [0.1, 0.15) is 111 Å². The van der Waals surface area contributed by atoms with Crippen molar-refractivity contribution in [2.45, 2.75) is 112 Å². The highest BCUT2D eigenvalue weighted by Gasteiger charge is 2.08. The first kappa shape index (κ1) is 36.5. The Labute approximate surface area is 254 Å².